The van der Waals surface area contributed by atoms with Gasteiger partial charge in [0.05, 0.1) is 18.5 Å². The van der Waals surface area contributed by atoms with Crippen molar-refractivity contribution in [2.45, 2.75) is 31.8 Å². The summed E-state index contributed by atoms with van der Waals surface area (Å²) in [7, 11) is 0. The number of nitrogens with two attached hydrogens (primary N) is 2. The highest BCUT2D eigenvalue weighted by atomic mass is 35.5. The molecule has 0 radical (unpaired) electrons. The molecule has 0 heterocycles. The van der Waals surface area contributed by atoms with Crippen LogP contribution < -0.4 is 16.8 Å². The van der Waals surface area contributed by atoms with Crippen LogP contribution in [0.2, 0.25) is 5.02 Å². The van der Waals surface area contributed by atoms with Crippen molar-refractivity contribution in [2.24, 2.45) is 11.5 Å². The molecule has 2 amide bonds. The molecule has 1 aromatic rings. The van der Waals surface area contributed by atoms with E-state index in [-0.39, 0.29) is 12.5 Å². The third-order valence-corrected chi connectivity index (χ3v) is 2.97. The van der Waals surface area contributed by atoms with E-state index in [4.69, 9.17) is 23.1 Å². The van der Waals surface area contributed by atoms with Gasteiger partial charge in [-0.05, 0) is 24.1 Å². The Bertz CT molecular complexity index is 465. The molecule has 5 nitrogen and oxygen atoms in total. The zero-order valence-corrected chi connectivity index (χ0v) is 11.5. The van der Waals surface area contributed by atoms with Crippen LogP contribution in [0.15, 0.2) is 24.3 Å². The maximum atomic E-state index is 11.8. The van der Waals surface area contributed by atoms with Gasteiger partial charge in [-0.3, -0.25) is 9.59 Å². The summed E-state index contributed by atoms with van der Waals surface area (Å²) in [5, 5.41) is 3.39. The zero-order valence-electron chi connectivity index (χ0n) is 10.7. The molecule has 19 heavy (non-hydrogen) atoms. The number of halogens is 1. The van der Waals surface area contributed by atoms with Crippen LogP contribution in [0.25, 0.3) is 0 Å². The summed E-state index contributed by atoms with van der Waals surface area (Å²) in [5.74, 6) is -0.996. The van der Waals surface area contributed by atoms with Crippen LogP contribution >= 0.6 is 11.6 Å². The molecule has 0 aliphatic carbocycles. The number of primary amides is 1. The maximum Gasteiger partial charge on any atom is 0.237 e. The van der Waals surface area contributed by atoms with E-state index in [0.29, 0.717) is 11.4 Å². The molecule has 0 spiro atoms. The van der Waals surface area contributed by atoms with Gasteiger partial charge in [-0.2, -0.15) is 0 Å². The minimum absolute atomic E-state index is 0.169. The fraction of sp³-hybridized carbons (Fsp3) is 0.385. The third kappa shape index (κ3) is 4.89. The van der Waals surface area contributed by atoms with Gasteiger partial charge in [0.25, 0.3) is 0 Å². The van der Waals surface area contributed by atoms with Gasteiger partial charge >= 0.3 is 0 Å². The molecule has 0 saturated carbocycles. The molecule has 2 atom stereocenters. The van der Waals surface area contributed by atoms with Crippen molar-refractivity contribution in [1.29, 1.82) is 0 Å². The number of amides is 2. The lowest BCUT2D eigenvalue weighted by Gasteiger charge is -2.20. The van der Waals surface area contributed by atoms with Crippen LogP contribution in [0.5, 0.6) is 0 Å². The molecule has 0 aromatic heterocycles. The Kier molecular flexibility index (Phi) is 5.79. The van der Waals surface area contributed by atoms with Gasteiger partial charge in [0.1, 0.15) is 0 Å². The number of hydrogen-bond donors (Lipinski definition) is 3. The first-order valence-corrected chi connectivity index (χ1v) is 6.41. The maximum absolute atomic E-state index is 11.8. The zero-order chi connectivity index (χ0) is 14.4. The van der Waals surface area contributed by atoms with Gasteiger partial charge < -0.3 is 16.8 Å². The monoisotopic (exact) mass is 283 g/mol. The Labute approximate surface area is 117 Å². The number of rotatable bonds is 6. The molecule has 6 heteroatoms. The lowest BCUT2D eigenvalue weighted by molar-refractivity contribution is -0.126. The molecule has 0 saturated heterocycles. The fourth-order valence-corrected chi connectivity index (χ4v) is 1.93. The van der Waals surface area contributed by atoms with Crippen LogP contribution in [0.4, 0.5) is 0 Å². The minimum Gasteiger partial charge on any atom is -0.370 e. The highest BCUT2D eigenvalue weighted by molar-refractivity contribution is 6.30. The largest absolute Gasteiger partial charge is 0.370 e. The number of carbonyl (C=O) groups excluding carboxylic acids is 2. The van der Waals surface area contributed by atoms with Gasteiger partial charge in [0.2, 0.25) is 11.8 Å². The van der Waals surface area contributed by atoms with Crippen molar-refractivity contribution in [3.8, 4) is 0 Å². The molecule has 0 aliphatic rings. The molecule has 0 fully saturated rings. The number of benzene rings is 1. The molecular formula is C13H18ClN3O2. The van der Waals surface area contributed by atoms with Gasteiger partial charge in [0, 0.05) is 5.02 Å². The number of hydrogen-bond acceptors (Lipinski definition) is 3. The van der Waals surface area contributed by atoms with Crippen molar-refractivity contribution in [2.75, 3.05) is 0 Å². The molecule has 2 unspecified atom stereocenters. The third-order valence-electron chi connectivity index (χ3n) is 2.73. The first-order valence-electron chi connectivity index (χ1n) is 6.03. The van der Waals surface area contributed by atoms with Gasteiger partial charge in [-0.15, -0.1) is 0 Å². The summed E-state index contributed by atoms with van der Waals surface area (Å²) in [6.07, 6.45) is 0.521. The van der Waals surface area contributed by atoms with Gasteiger partial charge in [0.15, 0.2) is 0 Å². The predicted molar refractivity (Wildman–Crippen MR) is 74.4 cm³/mol. The Balaban J connectivity index is 2.72. The van der Waals surface area contributed by atoms with Crippen LogP contribution in [-0.2, 0) is 9.59 Å². The summed E-state index contributed by atoms with van der Waals surface area (Å²) < 4.78 is 0. The quantitative estimate of drug-likeness (QED) is 0.729. The molecule has 1 aromatic carbocycles. The van der Waals surface area contributed by atoms with Gasteiger partial charge in [-0.25, -0.2) is 0 Å². The standard InChI is InChI=1S/C13H18ClN3O2/c1-2-11(8-4-3-5-9(14)6-8)17-13(19)10(15)7-12(16)18/h3-6,10-11H,2,7,15H2,1H3,(H2,16,18)(H,17,19). The highest BCUT2D eigenvalue weighted by Gasteiger charge is 2.19. The SMILES string of the molecule is CCC(NC(=O)C(N)CC(N)=O)c1cccc(Cl)c1. The average molecular weight is 284 g/mol. The van der Waals surface area contributed by atoms with Crippen LogP contribution in [0, 0.1) is 0 Å². The van der Waals surface area contributed by atoms with E-state index in [1.54, 1.807) is 12.1 Å². The van der Waals surface area contributed by atoms with Crippen LogP contribution in [-0.4, -0.2) is 17.9 Å². The second-order valence-electron chi connectivity index (χ2n) is 4.30. The van der Waals surface area contributed by atoms with Crippen molar-refractivity contribution in [3.63, 3.8) is 0 Å². The van der Waals surface area contributed by atoms with Gasteiger partial charge in [-0.1, -0.05) is 30.7 Å². The summed E-state index contributed by atoms with van der Waals surface area (Å²) in [6, 6.07) is 6.12. The van der Waals surface area contributed by atoms with Crippen LogP contribution in [0.1, 0.15) is 31.4 Å². The van der Waals surface area contributed by atoms with Crippen molar-refractivity contribution >= 4 is 23.4 Å². The topological polar surface area (TPSA) is 98.2 Å². The predicted octanol–water partition coefficient (Wildman–Crippen LogP) is 1.11. The van der Waals surface area contributed by atoms with E-state index in [1.165, 1.54) is 0 Å². The molecule has 0 bridgehead atoms. The molecule has 104 valence electrons. The fourth-order valence-electron chi connectivity index (χ4n) is 1.73. The van der Waals surface area contributed by atoms with E-state index in [1.807, 2.05) is 19.1 Å². The second-order valence-corrected chi connectivity index (χ2v) is 4.74. The Hall–Kier alpha value is -1.59. The van der Waals surface area contributed by atoms with Crippen molar-refractivity contribution < 1.29 is 9.59 Å². The minimum atomic E-state index is -0.925. The first-order chi connectivity index (χ1) is 8.93. The summed E-state index contributed by atoms with van der Waals surface area (Å²) in [5.41, 5.74) is 11.5. The van der Waals surface area contributed by atoms with E-state index in [0.717, 1.165) is 5.56 Å². The Morgan fingerprint density at radius 2 is 2.11 bits per heavy atom. The lowest BCUT2D eigenvalue weighted by atomic mass is 10.0. The van der Waals surface area contributed by atoms with E-state index < -0.39 is 17.9 Å². The van der Waals surface area contributed by atoms with E-state index in [2.05, 4.69) is 5.32 Å². The molecule has 0 aliphatic heterocycles. The Morgan fingerprint density at radius 3 is 2.63 bits per heavy atom. The van der Waals surface area contributed by atoms with Crippen LogP contribution in [0.3, 0.4) is 0 Å². The normalized spacial score (nSPS) is 13.6. The number of carbonyl (C=O) groups is 2. The summed E-state index contributed by atoms with van der Waals surface area (Å²) >= 11 is 5.92. The molecular weight excluding hydrogens is 266 g/mol. The smallest absolute Gasteiger partial charge is 0.237 e. The highest BCUT2D eigenvalue weighted by Crippen LogP contribution is 2.20. The summed E-state index contributed by atoms with van der Waals surface area (Å²) in [6.45, 7) is 1.94. The summed E-state index contributed by atoms with van der Waals surface area (Å²) in [4.78, 5) is 22.6. The molecule has 1 rings (SSSR count). The van der Waals surface area contributed by atoms with Crippen molar-refractivity contribution in [1.82, 2.24) is 5.32 Å². The average Bonchev–Trinajstić information content (AvgIpc) is 2.34. The van der Waals surface area contributed by atoms with Crippen molar-refractivity contribution in [3.05, 3.63) is 34.9 Å². The Morgan fingerprint density at radius 1 is 1.42 bits per heavy atom. The lowest BCUT2D eigenvalue weighted by Crippen LogP contribution is -2.44. The first kappa shape index (κ1) is 15.5. The number of nitrogens with one attached hydrogen (secondary N) is 1. The molecule has 5 N–H and O–H groups in total. The van der Waals surface area contributed by atoms with E-state index in [9.17, 15) is 9.59 Å². The van der Waals surface area contributed by atoms with E-state index >= 15 is 0 Å². The second kappa shape index (κ2) is 7.11.